The molecule has 23 aromatic rings. The fraction of sp³-hybridized carbons (Fsp3) is 0. The Morgan fingerprint density at radius 2 is 0.415 bits per heavy atom. The summed E-state index contributed by atoms with van der Waals surface area (Å²) in [6.45, 7) is 8.11. The minimum atomic E-state index is -2.24. The van der Waals surface area contributed by atoms with Crippen molar-refractivity contribution in [1.82, 2.24) is 44.9 Å². The molecule has 0 spiro atoms. The molecule has 0 saturated heterocycles. The normalized spacial score (nSPS) is 11.4. The van der Waals surface area contributed by atoms with E-state index in [1.807, 2.05) is 279 Å². The molecule has 0 saturated carbocycles. The van der Waals surface area contributed by atoms with Gasteiger partial charge in [-0.15, -0.1) is 0 Å². The number of halogens is 8. The monoisotopic (exact) mass is 1700 g/mol. The third-order valence-corrected chi connectivity index (χ3v) is 23.1. The van der Waals surface area contributed by atoms with Crippen LogP contribution in [-0.4, -0.2) is 44.9 Å². The first kappa shape index (κ1) is 79.9. The van der Waals surface area contributed by atoms with Gasteiger partial charge in [0.15, 0.2) is 46.4 Å². The van der Waals surface area contributed by atoms with Crippen molar-refractivity contribution < 1.29 is 35.1 Å². The number of aromatic nitrogens is 9. The van der Waals surface area contributed by atoms with Gasteiger partial charge in [0, 0.05) is 98.5 Å². The molecule has 0 amide bonds. The van der Waals surface area contributed by atoms with Crippen molar-refractivity contribution in [2.24, 2.45) is 0 Å². The highest BCUT2D eigenvalue weighted by Gasteiger charge is 2.33. The predicted octanol–water partition coefficient (Wildman–Crippen LogP) is 30.0. The van der Waals surface area contributed by atoms with Crippen LogP contribution in [0, 0.1) is 53.1 Å². The van der Waals surface area contributed by atoms with Crippen LogP contribution in [0.5, 0.6) is 0 Å². The quantitative estimate of drug-likeness (QED) is 0.0410. The van der Waals surface area contributed by atoms with Crippen LogP contribution in [-0.2, 0) is 0 Å². The van der Waals surface area contributed by atoms with Crippen LogP contribution in [0.15, 0.2) is 376 Å². The number of fused-ring (bicyclic) bond motifs is 15. The van der Waals surface area contributed by atoms with Crippen LogP contribution in [0.25, 0.3) is 227 Å². The van der Waals surface area contributed by atoms with Gasteiger partial charge in [0.2, 0.25) is 5.82 Å². The van der Waals surface area contributed by atoms with Crippen molar-refractivity contribution in [1.29, 1.82) is 0 Å². The van der Waals surface area contributed by atoms with E-state index in [2.05, 4.69) is 23.0 Å². The fourth-order valence-corrected chi connectivity index (χ4v) is 17.2. The summed E-state index contributed by atoms with van der Waals surface area (Å²) >= 11 is 0. The Kier molecular flexibility index (Phi) is 20.7. The van der Waals surface area contributed by atoms with Gasteiger partial charge in [0.25, 0.3) is 0 Å². The van der Waals surface area contributed by atoms with Crippen molar-refractivity contribution in [3.8, 4) is 124 Å². The molecule has 10 nitrogen and oxygen atoms in total. The smallest absolute Gasteiger partial charge is 0.200 e. The van der Waals surface area contributed by atoms with Gasteiger partial charge in [0.05, 0.1) is 113 Å². The summed E-state index contributed by atoms with van der Waals surface area (Å²) in [5.41, 5.74) is 18.4. The SMILES string of the molecule is Fc1c(F)c(F)c(-c2cc3nc(-c4ccccc4)c(-c4ccccc4)nc3c3c2c(-c2ccccc2)nc2ccccc23)c(F)c1F.Fc1cc(-c2cc3nc(-c4ccccc4)c(-c4ccccc4)nc3c3c2c(-c2ccccc2)nc2ccccc23)cc(F)c1F.[C-]#[N+]c1cc2nc(-c3ccccc3)c(-c3ccccc3)nc2c2c1c(-c1ccccc1)nc1ccccc12. The number of hydrogen-bond acceptors (Lipinski definition) is 9. The Morgan fingerprint density at radius 3 is 0.723 bits per heavy atom. The van der Waals surface area contributed by atoms with E-state index in [1.54, 1.807) is 60.7 Å². The van der Waals surface area contributed by atoms with E-state index in [4.69, 9.17) is 51.4 Å². The number of hydrogen-bond donors (Lipinski definition) is 0. The van der Waals surface area contributed by atoms with Crippen molar-refractivity contribution in [2.75, 3.05) is 0 Å². The van der Waals surface area contributed by atoms with Gasteiger partial charge in [-0.2, -0.15) is 0 Å². The van der Waals surface area contributed by atoms with Gasteiger partial charge >= 0.3 is 0 Å². The molecule has 0 N–H and O–H groups in total. The molecule has 0 aliphatic carbocycles. The highest BCUT2D eigenvalue weighted by atomic mass is 19.2. The Bertz CT molecular complexity index is 8440. The van der Waals surface area contributed by atoms with Crippen LogP contribution in [0.1, 0.15) is 0 Å². The third-order valence-electron chi connectivity index (χ3n) is 23.1. The molecule has 0 unspecified atom stereocenters. The molecule has 130 heavy (non-hydrogen) atoms. The number of nitrogens with zero attached hydrogens (tertiary/aromatic N) is 10. The van der Waals surface area contributed by atoms with Gasteiger partial charge in [-0.05, 0) is 65.2 Å². The molecule has 616 valence electrons. The first-order chi connectivity index (χ1) is 63.8. The van der Waals surface area contributed by atoms with Crippen LogP contribution in [0.3, 0.4) is 0 Å². The van der Waals surface area contributed by atoms with Crippen LogP contribution in [0.2, 0.25) is 0 Å². The maximum Gasteiger partial charge on any atom is 0.200 e. The molecule has 6 heterocycles. The average molecular weight is 1700 g/mol. The molecular weight excluding hydrogens is 1640 g/mol. The summed E-state index contributed by atoms with van der Waals surface area (Å²) in [5.74, 6) is -14.3. The minimum absolute atomic E-state index is 0.169. The Hall–Kier alpha value is -17.3. The van der Waals surface area contributed by atoms with Crippen molar-refractivity contribution >= 4 is 104 Å². The second-order valence-corrected chi connectivity index (χ2v) is 30.9. The van der Waals surface area contributed by atoms with E-state index in [-0.39, 0.29) is 27.7 Å². The largest absolute Gasteiger partial charge is 0.248 e. The van der Waals surface area contributed by atoms with Gasteiger partial charge < -0.3 is 0 Å². The lowest BCUT2D eigenvalue weighted by atomic mass is 9.90. The summed E-state index contributed by atoms with van der Waals surface area (Å²) in [4.78, 5) is 50.1. The molecule has 0 radical (unpaired) electrons. The Balaban J connectivity index is 0.000000119. The zero-order valence-corrected chi connectivity index (χ0v) is 68.3. The molecule has 0 aliphatic rings. The number of rotatable bonds is 11. The van der Waals surface area contributed by atoms with Crippen LogP contribution in [0.4, 0.5) is 40.8 Å². The highest BCUT2D eigenvalue weighted by Crippen LogP contribution is 2.50. The summed E-state index contributed by atoms with van der Waals surface area (Å²) in [6, 6.07) is 117. The number of pyridine rings is 3. The van der Waals surface area contributed by atoms with E-state index in [0.29, 0.717) is 89.0 Å². The minimum Gasteiger partial charge on any atom is -0.248 e. The molecule has 0 aliphatic heterocycles. The van der Waals surface area contributed by atoms with Gasteiger partial charge in [-0.25, -0.2) is 84.8 Å². The summed E-state index contributed by atoms with van der Waals surface area (Å²) in [5, 5.41) is 6.00. The summed E-state index contributed by atoms with van der Waals surface area (Å²) in [6.07, 6.45) is 0. The standard InChI is InChI=1S/C39H20F5N3.C39H22F3N3.C34H20N4/c40-31-30(32(41)34(43)35(44)33(31)42)25-20-27-39(47-38(23-16-8-3-9-17-23)37(46-27)22-14-6-2-7-15-22)28-24-18-10-11-19-26(24)45-36(29(25)28)21-12-4-1-5-13-21;40-29-20-26(21-30(41)35(29)42)28-22-32-39(45-38(25-16-8-3-9-17-25)37(44-32)24-14-6-2-7-15-24)33-27-18-10-11-19-31(27)43-36(34(28)33)23-12-4-1-5-13-23;1-35-27-21-28-34(38-33(24-17-9-4-10-18-24)32(37-28)23-15-7-3-8-16-23)29-25-19-11-12-20-26(25)36-31(30(27)29)22-13-5-2-6-14-22/h1-20H;1-22H;2-21H. The van der Waals surface area contributed by atoms with Gasteiger partial charge in [-0.3, -0.25) is 0 Å². The lowest BCUT2D eigenvalue weighted by Crippen LogP contribution is -2.06. The first-order valence-electron chi connectivity index (χ1n) is 41.5. The lowest BCUT2D eigenvalue weighted by molar-refractivity contribution is 0.381. The van der Waals surface area contributed by atoms with Gasteiger partial charge in [-0.1, -0.05) is 328 Å². The molecule has 18 heteroatoms. The predicted molar refractivity (Wildman–Crippen MR) is 503 cm³/mol. The number of benzene rings is 17. The topological polar surface area (TPSA) is 120 Å². The molecular formula is C112H62F8N10. The molecule has 23 rings (SSSR count). The summed E-state index contributed by atoms with van der Waals surface area (Å²) in [7, 11) is 0. The Labute approximate surface area is 737 Å². The zero-order chi connectivity index (χ0) is 88.2. The highest BCUT2D eigenvalue weighted by molar-refractivity contribution is 6.28. The number of para-hydroxylation sites is 3. The zero-order valence-electron chi connectivity index (χ0n) is 68.3. The summed E-state index contributed by atoms with van der Waals surface area (Å²) < 4.78 is 119. The van der Waals surface area contributed by atoms with Crippen molar-refractivity contribution in [2.45, 2.75) is 0 Å². The maximum atomic E-state index is 15.7. The fourth-order valence-electron chi connectivity index (χ4n) is 17.2. The maximum absolute atomic E-state index is 15.7. The second-order valence-electron chi connectivity index (χ2n) is 30.9. The van der Waals surface area contributed by atoms with Gasteiger partial charge in [0.1, 0.15) is 0 Å². The molecule has 0 bridgehead atoms. The first-order valence-corrected chi connectivity index (χ1v) is 41.5. The van der Waals surface area contributed by atoms with E-state index in [1.165, 1.54) is 6.07 Å². The van der Waals surface area contributed by atoms with E-state index in [9.17, 15) is 26.3 Å². The van der Waals surface area contributed by atoms with Crippen LogP contribution < -0.4 is 0 Å². The van der Waals surface area contributed by atoms with E-state index < -0.39 is 52.1 Å². The Morgan fingerprint density at radius 1 is 0.185 bits per heavy atom. The lowest BCUT2D eigenvalue weighted by Gasteiger charge is -2.19. The average Bonchev–Trinajstić information content (AvgIpc) is 0.692. The van der Waals surface area contributed by atoms with E-state index >= 15 is 8.78 Å². The van der Waals surface area contributed by atoms with Crippen LogP contribution >= 0.6 is 0 Å². The van der Waals surface area contributed by atoms with Crippen molar-refractivity contribution in [3.63, 3.8) is 0 Å². The second kappa shape index (κ2) is 33.6. The van der Waals surface area contributed by atoms with Crippen molar-refractivity contribution in [3.05, 3.63) is 434 Å². The molecule has 6 aromatic heterocycles. The molecule has 17 aromatic carbocycles. The molecule has 0 atom stereocenters. The molecule has 0 fully saturated rings. The third kappa shape index (κ3) is 14.3. The van der Waals surface area contributed by atoms with E-state index in [0.717, 1.165) is 117 Å².